The Morgan fingerprint density at radius 3 is 2.86 bits per heavy atom. The predicted molar refractivity (Wildman–Crippen MR) is 125 cm³/mol. The smallest absolute Gasteiger partial charge is 0.0636 e. The van der Waals surface area contributed by atoms with Crippen molar-refractivity contribution in [2.24, 2.45) is 10.9 Å². The molecule has 1 aromatic rings. The Labute approximate surface area is 176 Å². The Morgan fingerprint density at radius 2 is 2.03 bits per heavy atom. The zero-order chi connectivity index (χ0) is 20.2. The molecule has 0 aliphatic heterocycles. The number of hydrogen-bond donors (Lipinski definition) is 1. The first-order valence-electron chi connectivity index (χ1n) is 10.7. The maximum atomic E-state index is 4.62. The Bertz CT molecular complexity index is 857. The molecule has 0 fully saturated rings. The lowest BCUT2D eigenvalue weighted by Gasteiger charge is -2.12. The summed E-state index contributed by atoms with van der Waals surface area (Å²) in [6.07, 6.45) is 20.7. The molecular weight excluding hydrogens is 352 g/mol. The molecule has 0 saturated heterocycles. The van der Waals surface area contributed by atoms with Crippen LogP contribution in [0.4, 0.5) is 0 Å². The van der Waals surface area contributed by atoms with Crippen LogP contribution in [-0.4, -0.2) is 19.3 Å². The van der Waals surface area contributed by atoms with E-state index in [1.807, 2.05) is 6.21 Å². The fourth-order valence-corrected chi connectivity index (χ4v) is 3.54. The number of nitrogens with zero attached hydrogens (tertiary/aromatic N) is 1. The summed E-state index contributed by atoms with van der Waals surface area (Å²) in [5, 5.41) is 3.62. The van der Waals surface area contributed by atoms with E-state index >= 15 is 0 Å². The lowest BCUT2D eigenvalue weighted by Crippen LogP contribution is -2.22. The average molecular weight is 385 g/mol. The SMILES string of the molecule is Cc1cccc(CN=CC/C2=C/C(CNCC3C=CCCC=C3)=C\CC#CC2)c1. The van der Waals surface area contributed by atoms with Gasteiger partial charge in [0.15, 0.2) is 0 Å². The minimum atomic E-state index is 0.503. The monoisotopic (exact) mass is 384 g/mol. The van der Waals surface area contributed by atoms with E-state index in [2.05, 4.69) is 89.8 Å². The average Bonchev–Trinajstić information content (AvgIpc) is 2.97. The van der Waals surface area contributed by atoms with Crippen molar-refractivity contribution in [1.29, 1.82) is 0 Å². The quantitative estimate of drug-likeness (QED) is 0.346. The van der Waals surface area contributed by atoms with Crippen LogP contribution in [0.1, 0.15) is 43.2 Å². The summed E-state index contributed by atoms with van der Waals surface area (Å²) in [6, 6.07) is 8.55. The highest BCUT2D eigenvalue weighted by Gasteiger charge is 2.04. The first-order chi connectivity index (χ1) is 14.3. The van der Waals surface area contributed by atoms with Gasteiger partial charge >= 0.3 is 0 Å². The van der Waals surface area contributed by atoms with E-state index in [0.717, 1.165) is 51.7 Å². The molecule has 1 N–H and O–H groups in total. The zero-order valence-corrected chi connectivity index (χ0v) is 17.5. The van der Waals surface area contributed by atoms with Crippen molar-refractivity contribution >= 4 is 6.21 Å². The van der Waals surface area contributed by atoms with E-state index in [9.17, 15) is 0 Å². The van der Waals surface area contributed by atoms with Crippen molar-refractivity contribution in [1.82, 2.24) is 5.32 Å². The molecule has 2 heteroatoms. The largest absolute Gasteiger partial charge is 0.312 e. The second-order valence-corrected chi connectivity index (χ2v) is 7.76. The van der Waals surface area contributed by atoms with Gasteiger partial charge in [-0.15, -0.1) is 0 Å². The van der Waals surface area contributed by atoms with Gasteiger partial charge in [-0.05, 0) is 30.9 Å². The second-order valence-electron chi connectivity index (χ2n) is 7.76. The second kappa shape index (κ2) is 12.0. The van der Waals surface area contributed by atoms with Crippen LogP contribution in [0.5, 0.6) is 0 Å². The molecule has 0 aromatic heterocycles. The van der Waals surface area contributed by atoms with Gasteiger partial charge in [-0.3, -0.25) is 4.99 Å². The highest BCUT2D eigenvalue weighted by Crippen LogP contribution is 2.14. The highest BCUT2D eigenvalue weighted by atomic mass is 14.9. The lowest BCUT2D eigenvalue weighted by molar-refractivity contribution is 0.663. The van der Waals surface area contributed by atoms with E-state index in [1.54, 1.807) is 0 Å². The van der Waals surface area contributed by atoms with E-state index in [0.29, 0.717) is 5.92 Å². The van der Waals surface area contributed by atoms with Gasteiger partial charge in [0.05, 0.1) is 6.54 Å². The number of hydrogen-bond acceptors (Lipinski definition) is 2. The fraction of sp³-hybridized carbons (Fsp3) is 0.370. The molecule has 1 aromatic carbocycles. The standard InChI is InChI=1S/C27H32N2/c1-23-10-9-15-26(18-23)21-28-17-16-24-11-7-4-8-14-27(19-24)22-29-20-25-12-5-2-3-6-13-25/h5-6,9-10,12-15,17-19,25,29H,2-3,8,11,16,20-22H2,1H3/b24-19+,27-14+,28-17?. The fourth-order valence-electron chi connectivity index (χ4n) is 3.54. The molecule has 3 rings (SSSR count). The molecule has 0 atom stereocenters. The van der Waals surface area contributed by atoms with Crippen molar-refractivity contribution in [2.45, 2.75) is 45.6 Å². The Kier molecular flexibility index (Phi) is 8.76. The summed E-state index contributed by atoms with van der Waals surface area (Å²) in [7, 11) is 0. The summed E-state index contributed by atoms with van der Waals surface area (Å²) in [5.41, 5.74) is 5.22. The molecule has 0 saturated carbocycles. The van der Waals surface area contributed by atoms with Crippen molar-refractivity contribution in [3.63, 3.8) is 0 Å². The Hall–Kier alpha value is -2.63. The molecular formula is C27H32N2. The summed E-state index contributed by atoms with van der Waals surface area (Å²) < 4.78 is 0. The molecule has 29 heavy (non-hydrogen) atoms. The van der Waals surface area contributed by atoms with Crippen LogP contribution in [0.15, 0.2) is 76.9 Å². The van der Waals surface area contributed by atoms with Crippen molar-refractivity contribution in [3.8, 4) is 11.8 Å². The van der Waals surface area contributed by atoms with Crippen LogP contribution in [0.2, 0.25) is 0 Å². The third-order valence-corrected chi connectivity index (χ3v) is 5.11. The van der Waals surface area contributed by atoms with E-state index in [4.69, 9.17) is 0 Å². The summed E-state index contributed by atoms with van der Waals surface area (Å²) in [6.45, 7) is 4.74. The zero-order valence-electron chi connectivity index (χ0n) is 17.5. The topological polar surface area (TPSA) is 24.4 Å². The molecule has 0 amide bonds. The van der Waals surface area contributed by atoms with Crippen molar-refractivity contribution < 1.29 is 0 Å². The molecule has 0 radical (unpaired) electrons. The van der Waals surface area contributed by atoms with Gasteiger partial charge in [0.1, 0.15) is 0 Å². The molecule has 0 bridgehead atoms. The van der Waals surface area contributed by atoms with E-state index < -0.39 is 0 Å². The number of allylic oxidation sites excluding steroid dienone is 4. The number of rotatable bonds is 8. The molecule has 0 spiro atoms. The van der Waals surface area contributed by atoms with Crippen LogP contribution in [0.25, 0.3) is 0 Å². The minimum absolute atomic E-state index is 0.503. The molecule has 2 aliphatic rings. The van der Waals surface area contributed by atoms with Gasteiger partial charge < -0.3 is 5.32 Å². The van der Waals surface area contributed by atoms with Crippen LogP contribution in [0, 0.1) is 24.7 Å². The van der Waals surface area contributed by atoms with Gasteiger partial charge in [0.25, 0.3) is 0 Å². The molecule has 2 aliphatic carbocycles. The molecule has 150 valence electrons. The summed E-state index contributed by atoms with van der Waals surface area (Å²) in [5.74, 6) is 7.03. The molecule has 2 nitrogen and oxygen atoms in total. The molecule has 0 unspecified atom stereocenters. The third kappa shape index (κ3) is 8.10. The maximum absolute atomic E-state index is 4.62. The van der Waals surface area contributed by atoms with Gasteiger partial charge in [0.2, 0.25) is 0 Å². The Morgan fingerprint density at radius 1 is 1.17 bits per heavy atom. The number of benzene rings is 1. The van der Waals surface area contributed by atoms with Crippen LogP contribution < -0.4 is 5.32 Å². The van der Waals surface area contributed by atoms with Crippen molar-refractivity contribution in [2.75, 3.05) is 13.1 Å². The van der Waals surface area contributed by atoms with Gasteiger partial charge in [-0.2, -0.15) is 0 Å². The third-order valence-electron chi connectivity index (χ3n) is 5.11. The van der Waals surface area contributed by atoms with E-state index in [1.165, 1.54) is 22.3 Å². The van der Waals surface area contributed by atoms with Crippen LogP contribution >= 0.6 is 0 Å². The van der Waals surface area contributed by atoms with Crippen LogP contribution in [-0.2, 0) is 6.54 Å². The van der Waals surface area contributed by atoms with Gasteiger partial charge in [0, 0.05) is 44.5 Å². The van der Waals surface area contributed by atoms with Crippen LogP contribution in [0.3, 0.4) is 0 Å². The predicted octanol–water partition coefficient (Wildman–Crippen LogP) is 5.72. The molecule has 0 heterocycles. The maximum Gasteiger partial charge on any atom is 0.0636 e. The highest BCUT2D eigenvalue weighted by molar-refractivity contribution is 5.62. The van der Waals surface area contributed by atoms with Crippen molar-refractivity contribution in [3.05, 3.63) is 83.0 Å². The van der Waals surface area contributed by atoms with E-state index in [-0.39, 0.29) is 0 Å². The number of nitrogens with one attached hydrogen (secondary N) is 1. The lowest BCUT2D eigenvalue weighted by atomic mass is 10.0. The van der Waals surface area contributed by atoms with Gasteiger partial charge in [-0.25, -0.2) is 0 Å². The summed E-state index contributed by atoms with van der Waals surface area (Å²) in [4.78, 5) is 4.62. The summed E-state index contributed by atoms with van der Waals surface area (Å²) >= 11 is 0. The number of aryl methyl sites for hydroxylation is 1. The minimum Gasteiger partial charge on any atom is -0.312 e. The number of aliphatic imine (C=N–C) groups is 1. The first kappa shape index (κ1) is 21.1. The van der Waals surface area contributed by atoms with Gasteiger partial charge in [-0.1, -0.05) is 83.7 Å². The normalized spacial score (nSPS) is 20.7. The Balaban J connectivity index is 1.50. The first-order valence-corrected chi connectivity index (χ1v) is 10.7.